The molecule has 166 valence electrons. The number of hydrogen-bond acceptors (Lipinski definition) is 8. The molecule has 4 aromatic heterocycles. The molecule has 9 nitrogen and oxygen atoms in total. The quantitative estimate of drug-likeness (QED) is 0.489. The van der Waals surface area contributed by atoms with Gasteiger partial charge in [0.05, 0.1) is 24.9 Å². The Morgan fingerprint density at radius 3 is 2.91 bits per heavy atom. The van der Waals surface area contributed by atoms with Gasteiger partial charge >= 0.3 is 0 Å². The Bertz CT molecular complexity index is 1320. The molecule has 0 bridgehead atoms. The van der Waals surface area contributed by atoms with Gasteiger partial charge in [-0.1, -0.05) is 0 Å². The lowest BCUT2D eigenvalue weighted by Gasteiger charge is -2.27. The molecule has 0 spiro atoms. The number of rotatable bonds is 4. The summed E-state index contributed by atoms with van der Waals surface area (Å²) in [5, 5.41) is 11.7. The van der Waals surface area contributed by atoms with Gasteiger partial charge in [-0.15, -0.1) is 11.3 Å². The Morgan fingerprint density at radius 1 is 1.28 bits per heavy atom. The van der Waals surface area contributed by atoms with Crippen molar-refractivity contribution in [2.45, 2.75) is 45.6 Å². The van der Waals surface area contributed by atoms with Crippen molar-refractivity contribution < 1.29 is 9.53 Å². The van der Waals surface area contributed by atoms with Crippen LogP contribution >= 0.6 is 11.3 Å². The van der Waals surface area contributed by atoms with Crippen LogP contribution in [-0.4, -0.2) is 43.1 Å². The molecule has 32 heavy (non-hydrogen) atoms. The third kappa shape index (κ3) is 3.75. The van der Waals surface area contributed by atoms with E-state index in [4.69, 9.17) is 4.74 Å². The number of aromatic nitrogens is 5. The molecule has 2 N–H and O–H groups in total. The van der Waals surface area contributed by atoms with Gasteiger partial charge < -0.3 is 15.4 Å². The Kier molecular flexibility index (Phi) is 4.96. The van der Waals surface area contributed by atoms with Crippen LogP contribution in [0.2, 0.25) is 0 Å². The van der Waals surface area contributed by atoms with Crippen LogP contribution < -0.4 is 15.4 Å². The van der Waals surface area contributed by atoms with Crippen LogP contribution in [0.1, 0.15) is 37.6 Å². The summed E-state index contributed by atoms with van der Waals surface area (Å²) in [7, 11) is 1.60. The van der Waals surface area contributed by atoms with Crippen molar-refractivity contribution in [2.75, 3.05) is 12.4 Å². The molecule has 0 unspecified atom stereocenters. The molecular weight excluding hydrogens is 426 g/mol. The van der Waals surface area contributed by atoms with Gasteiger partial charge in [0.1, 0.15) is 17.0 Å². The van der Waals surface area contributed by atoms with E-state index in [9.17, 15) is 4.79 Å². The van der Waals surface area contributed by atoms with Crippen molar-refractivity contribution in [3.8, 4) is 5.75 Å². The number of amides is 1. The lowest BCUT2D eigenvalue weighted by molar-refractivity contribution is -0.126. The number of nitrogens with zero attached hydrogens (tertiary/aromatic N) is 5. The second kappa shape index (κ2) is 7.70. The molecule has 1 atom stereocenters. The monoisotopic (exact) mass is 451 g/mol. The van der Waals surface area contributed by atoms with Crippen molar-refractivity contribution >= 4 is 44.7 Å². The largest absolute Gasteiger partial charge is 0.491 e. The second-order valence-electron chi connectivity index (χ2n) is 9.00. The number of anilines is 2. The number of nitrogens with one attached hydrogen (secondary N) is 2. The normalized spacial score (nSPS) is 16.2. The lowest BCUT2D eigenvalue weighted by atomic mass is 9.86. The molecule has 0 aliphatic heterocycles. The zero-order valence-electron chi connectivity index (χ0n) is 18.5. The Hall–Kier alpha value is -3.27. The number of methoxy groups -OCH3 is 1. The standard InChI is InChI=1S/C22H25N7O2S/c1-22(2,3)28-20(30)12-5-6-13-15(9-12)32-21-17(13)19(23-11-24-21)27-18-14(31-4)10-29-16(26-18)7-8-25-29/h7-8,10-12H,5-6,9H2,1-4H3,(H,28,30)(H,23,24,26,27)/t12-/m0/s1. The number of hydrogen-bond donors (Lipinski definition) is 2. The van der Waals surface area contributed by atoms with E-state index < -0.39 is 0 Å². The Morgan fingerprint density at radius 2 is 2.12 bits per heavy atom. The SMILES string of the molecule is COc1cn2nccc2nc1Nc1ncnc2sc3c(c12)CC[C@H](C(=O)NC(C)(C)C)C3. The van der Waals surface area contributed by atoms with E-state index >= 15 is 0 Å². The summed E-state index contributed by atoms with van der Waals surface area (Å²) in [4.78, 5) is 28.5. The third-order valence-corrected chi connectivity index (χ3v) is 6.68. The number of thiophene rings is 1. The molecule has 0 fully saturated rings. The van der Waals surface area contributed by atoms with Gasteiger partial charge in [0.25, 0.3) is 0 Å². The maximum Gasteiger partial charge on any atom is 0.223 e. The number of ether oxygens (including phenoxy) is 1. The molecule has 0 saturated heterocycles. The molecule has 1 aliphatic rings. The molecule has 0 saturated carbocycles. The van der Waals surface area contributed by atoms with Crippen molar-refractivity contribution in [3.05, 3.63) is 35.2 Å². The van der Waals surface area contributed by atoms with Crippen LogP contribution in [-0.2, 0) is 17.6 Å². The van der Waals surface area contributed by atoms with Crippen LogP contribution in [0.15, 0.2) is 24.8 Å². The minimum absolute atomic E-state index is 0.0230. The molecule has 0 radical (unpaired) electrons. The second-order valence-corrected chi connectivity index (χ2v) is 10.1. The van der Waals surface area contributed by atoms with Crippen molar-refractivity contribution in [1.82, 2.24) is 29.9 Å². The Labute approximate surface area is 189 Å². The lowest BCUT2D eigenvalue weighted by Crippen LogP contribution is -2.45. The first kappa shape index (κ1) is 20.6. The molecule has 10 heteroatoms. The van der Waals surface area contributed by atoms with Gasteiger partial charge in [0, 0.05) is 22.4 Å². The van der Waals surface area contributed by atoms with Gasteiger partial charge in [0.2, 0.25) is 5.91 Å². The summed E-state index contributed by atoms with van der Waals surface area (Å²) < 4.78 is 7.17. The highest BCUT2D eigenvalue weighted by Crippen LogP contribution is 2.41. The van der Waals surface area contributed by atoms with Crippen LogP contribution in [0, 0.1) is 5.92 Å². The number of carbonyl (C=O) groups is 1. The zero-order chi connectivity index (χ0) is 22.5. The smallest absolute Gasteiger partial charge is 0.223 e. The van der Waals surface area contributed by atoms with E-state index in [0.29, 0.717) is 23.0 Å². The highest BCUT2D eigenvalue weighted by atomic mass is 32.1. The van der Waals surface area contributed by atoms with Crippen molar-refractivity contribution in [2.24, 2.45) is 5.92 Å². The van der Waals surface area contributed by atoms with E-state index in [0.717, 1.165) is 29.5 Å². The first-order chi connectivity index (χ1) is 15.3. The van der Waals surface area contributed by atoms with Gasteiger partial charge in [-0.05, 0) is 45.6 Å². The fourth-order valence-electron chi connectivity index (χ4n) is 4.09. The molecule has 1 aliphatic carbocycles. The highest BCUT2D eigenvalue weighted by molar-refractivity contribution is 7.19. The molecule has 4 aromatic rings. The third-order valence-electron chi connectivity index (χ3n) is 5.52. The molecular formula is C22H25N7O2S. The first-order valence-electron chi connectivity index (χ1n) is 10.5. The minimum atomic E-state index is -0.233. The van der Waals surface area contributed by atoms with Crippen molar-refractivity contribution in [1.29, 1.82) is 0 Å². The van der Waals surface area contributed by atoms with Crippen LogP contribution in [0.4, 0.5) is 11.6 Å². The van der Waals surface area contributed by atoms with Gasteiger partial charge in [-0.2, -0.15) is 5.10 Å². The zero-order valence-corrected chi connectivity index (χ0v) is 19.3. The maximum absolute atomic E-state index is 12.7. The van der Waals surface area contributed by atoms with E-state index in [1.165, 1.54) is 10.4 Å². The molecule has 4 heterocycles. The van der Waals surface area contributed by atoms with E-state index in [1.807, 2.05) is 26.8 Å². The number of aryl methyl sites for hydroxylation is 1. The summed E-state index contributed by atoms with van der Waals surface area (Å²) in [5.41, 5.74) is 1.69. The topological polar surface area (TPSA) is 106 Å². The summed E-state index contributed by atoms with van der Waals surface area (Å²) in [6.07, 6.45) is 7.37. The average Bonchev–Trinajstić information content (AvgIpc) is 3.35. The fraction of sp³-hybridized carbons (Fsp3) is 0.409. The maximum atomic E-state index is 12.7. The fourth-order valence-corrected chi connectivity index (χ4v) is 5.36. The molecule has 0 aromatic carbocycles. The molecule has 1 amide bonds. The summed E-state index contributed by atoms with van der Waals surface area (Å²) >= 11 is 1.64. The number of fused-ring (bicyclic) bond motifs is 4. The minimum Gasteiger partial charge on any atom is -0.491 e. The van der Waals surface area contributed by atoms with Gasteiger partial charge in [-0.25, -0.2) is 19.5 Å². The predicted octanol–water partition coefficient (Wildman–Crippen LogP) is 3.51. The van der Waals surface area contributed by atoms with Crippen LogP contribution in [0.5, 0.6) is 5.75 Å². The average molecular weight is 452 g/mol. The predicted molar refractivity (Wildman–Crippen MR) is 124 cm³/mol. The van der Waals surface area contributed by atoms with Gasteiger partial charge in [-0.3, -0.25) is 4.79 Å². The van der Waals surface area contributed by atoms with Crippen LogP contribution in [0.3, 0.4) is 0 Å². The van der Waals surface area contributed by atoms with Gasteiger partial charge in [0.15, 0.2) is 17.2 Å². The van der Waals surface area contributed by atoms with Crippen LogP contribution in [0.25, 0.3) is 15.9 Å². The number of carbonyl (C=O) groups excluding carboxylic acids is 1. The Balaban J connectivity index is 1.49. The summed E-state index contributed by atoms with van der Waals surface area (Å²) in [6.45, 7) is 6.03. The summed E-state index contributed by atoms with van der Waals surface area (Å²) in [6, 6.07) is 1.83. The van der Waals surface area contributed by atoms with E-state index in [1.54, 1.807) is 41.7 Å². The van der Waals surface area contributed by atoms with E-state index in [2.05, 4.69) is 30.7 Å². The van der Waals surface area contributed by atoms with Crippen molar-refractivity contribution in [3.63, 3.8) is 0 Å². The highest BCUT2D eigenvalue weighted by Gasteiger charge is 2.30. The van der Waals surface area contributed by atoms with E-state index in [-0.39, 0.29) is 17.4 Å². The molecule has 5 rings (SSSR count). The first-order valence-corrected chi connectivity index (χ1v) is 11.4. The summed E-state index contributed by atoms with van der Waals surface area (Å²) in [5.74, 6) is 1.92.